The molecule has 0 bridgehead atoms. The van der Waals surface area contributed by atoms with Gasteiger partial charge in [0.25, 0.3) is 11.6 Å². The van der Waals surface area contributed by atoms with Gasteiger partial charge in [0.1, 0.15) is 5.52 Å². The Balaban J connectivity index is 1.58. The van der Waals surface area contributed by atoms with Crippen molar-refractivity contribution in [2.24, 2.45) is 12.1 Å². The van der Waals surface area contributed by atoms with Gasteiger partial charge < -0.3 is 4.57 Å². The van der Waals surface area contributed by atoms with Crippen LogP contribution in [0.25, 0.3) is 22.1 Å². The van der Waals surface area contributed by atoms with E-state index in [4.69, 9.17) is 0 Å². The van der Waals surface area contributed by atoms with Gasteiger partial charge in [-0.25, -0.2) is 5.43 Å². The average molecular weight is 347 g/mol. The van der Waals surface area contributed by atoms with Gasteiger partial charge in [0.05, 0.1) is 16.7 Å². The van der Waals surface area contributed by atoms with Crippen molar-refractivity contribution in [2.75, 3.05) is 5.43 Å². The maximum atomic E-state index is 10.6. The number of fused-ring (bicyclic) bond motifs is 3. The minimum atomic E-state index is -0.447. The Hall–Kier alpha value is -3.88. The topological polar surface area (TPSA) is 111 Å². The number of hydrogen-bond acceptors (Lipinski definition) is 7. The quantitative estimate of drug-likeness (QED) is 0.345. The molecule has 4 rings (SSSR count). The van der Waals surface area contributed by atoms with Crippen LogP contribution in [0.3, 0.4) is 0 Å². The van der Waals surface area contributed by atoms with Gasteiger partial charge in [-0.3, -0.25) is 10.1 Å². The second-order valence-electron chi connectivity index (χ2n) is 5.60. The molecule has 0 radical (unpaired) electrons. The molecule has 0 aliphatic rings. The molecule has 26 heavy (non-hydrogen) atoms. The summed E-state index contributed by atoms with van der Waals surface area (Å²) in [5.74, 6) is 0.265. The van der Waals surface area contributed by atoms with Crippen LogP contribution in [0.5, 0.6) is 0 Å². The number of nitrogens with zero attached hydrogens (tertiary/aromatic N) is 6. The maximum absolute atomic E-state index is 10.6. The molecule has 2 heterocycles. The Kier molecular flexibility index (Phi) is 3.73. The maximum Gasteiger partial charge on any atom is 0.269 e. The lowest BCUT2D eigenvalue weighted by atomic mass is 10.2. The number of anilines is 1. The molecule has 2 aromatic carbocycles. The zero-order chi connectivity index (χ0) is 18.1. The van der Waals surface area contributed by atoms with E-state index < -0.39 is 4.92 Å². The monoisotopic (exact) mass is 347 g/mol. The molecular weight excluding hydrogens is 334 g/mol. The normalized spacial score (nSPS) is 11.4. The zero-order valence-corrected chi connectivity index (χ0v) is 13.7. The zero-order valence-electron chi connectivity index (χ0n) is 13.7. The van der Waals surface area contributed by atoms with Crippen LogP contribution in [0.15, 0.2) is 53.6 Å². The average Bonchev–Trinajstić information content (AvgIpc) is 2.95. The summed E-state index contributed by atoms with van der Waals surface area (Å²) >= 11 is 0. The fraction of sp³-hybridized carbons (Fsp3) is 0.0588. The van der Waals surface area contributed by atoms with Gasteiger partial charge in [0, 0.05) is 24.6 Å². The molecule has 0 saturated heterocycles. The number of benzene rings is 2. The predicted molar refractivity (Wildman–Crippen MR) is 98.1 cm³/mol. The van der Waals surface area contributed by atoms with Crippen molar-refractivity contribution in [2.45, 2.75) is 0 Å². The second-order valence-corrected chi connectivity index (χ2v) is 5.60. The highest BCUT2D eigenvalue weighted by Gasteiger charge is 2.11. The number of para-hydroxylation sites is 1. The first kappa shape index (κ1) is 15.6. The summed E-state index contributed by atoms with van der Waals surface area (Å²) in [5, 5.41) is 24.0. The summed E-state index contributed by atoms with van der Waals surface area (Å²) in [6.07, 6.45) is 1.53. The van der Waals surface area contributed by atoms with Crippen molar-refractivity contribution in [1.29, 1.82) is 0 Å². The van der Waals surface area contributed by atoms with E-state index in [0.29, 0.717) is 11.2 Å². The number of nitro benzene ring substituents is 1. The highest BCUT2D eigenvalue weighted by molar-refractivity contribution is 6.04. The molecular formula is C17H13N7O2. The first-order chi connectivity index (χ1) is 12.6. The highest BCUT2D eigenvalue weighted by atomic mass is 16.6. The Labute approximate surface area is 147 Å². The van der Waals surface area contributed by atoms with Crippen LogP contribution >= 0.6 is 0 Å². The third-order valence-electron chi connectivity index (χ3n) is 3.99. The Bertz CT molecular complexity index is 1150. The number of non-ortho nitro benzene ring substituents is 1. The number of hydrazone groups is 1. The van der Waals surface area contributed by atoms with Crippen LogP contribution in [0.4, 0.5) is 11.6 Å². The minimum absolute atomic E-state index is 0.0314. The molecule has 4 aromatic rings. The van der Waals surface area contributed by atoms with Crippen molar-refractivity contribution in [1.82, 2.24) is 19.7 Å². The van der Waals surface area contributed by atoms with Crippen molar-refractivity contribution >= 4 is 39.9 Å². The van der Waals surface area contributed by atoms with Gasteiger partial charge in [0.15, 0.2) is 5.65 Å². The first-order valence-electron chi connectivity index (χ1n) is 7.75. The Morgan fingerprint density at radius 3 is 2.69 bits per heavy atom. The standard InChI is InChI=1S/C17H13N7O2/c1-23-14-5-3-2-4-13(14)15-16(23)19-17(22-20-15)21-18-10-11-6-8-12(9-7-11)24(25)26/h2-10H,1H3,(H,19,21,22)/b18-10+. The summed E-state index contributed by atoms with van der Waals surface area (Å²) in [5.41, 5.74) is 5.93. The highest BCUT2D eigenvalue weighted by Crippen LogP contribution is 2.24. The van der Waals surface area contributed by atoms with E-state index in [1.54, 1.807) is 12.1 Å². The van der Waals surface area contributed by atoms with Gasteiger partial charge in [-0.15, -0.1) is 10.2 Å². The number of nitrogens with one attached hydrogen (secondary N) is 1. The number of rotatable bonds is 4. The molecule has 0 spiro atoms. The van der Waals surface area contributed by atoms with E-state index in [1.165, 1.54) is 18.3 Å². The second kappa shape index (κ2) is 6.20. The lowest BCUT2D eigenvalue weighted by Gasteiger charge is -1.99. The molecule has 0 amide bonds. The summed E-state index contributed by atoms with van der Waals surface area (Å²) in [6, 6.07) is 13.9. The molecule has 0 atom stereocenters. The lowest BCUT2D eigenvalue weighted by Crippen LogP contribution is -2.00. The number of aryl methyl sites for hydroxylation is 1. The van der Waals surface area contributed by atoms with Crippen molar-refractivity contribution in [3.8, 4) is 0 Å². The minimum Gasteiger partial charge on any atom is -0.327 e. The SMILES string of the molecule is Cn1c2ccccc2c2nnc(N/N=C/c3ccc([N+](=O)[O-])cc3)nc21. The van der Waals surface area contributed by atoms with Crippen LogP contribution in [0.2, 0.25) is 0 Å². The molecule has 0 saturated carbocycles. The Morgan fingerprint density at radius 1 is 1.15 bits per heavy atom. The van der Waals surface area contributed by atoms with Gasteiger partial charge >= 0.3 is 0 Å². The lowest BCUT2D eigenvalue weighted by molar-refractivity contribution is -0.384. The van der Waals surface area contributed by atoms with Gasteiger partial charge in [0.2, 0.25) is 0 Å². The van der Waals surface area contributed by atoms with Crippen LogP contribution in [-0.4, -0.2) is 30.9 Å². The van der Waals surface area contributed by atoms with Crippen LogP contribution in [-0.2, 0) is 7.05 Å². The van der Waals surface area contributed by atoms with Crippen LogP contribution < -0.4 is 5.43 Å². The summed E-state index contributed by atoms with van der Waals surface area (Å²) in [6.45, 7) is 0. The van der Waals surface area contributed by atoms with Crippen LogP contribution in [0.1, 0.15) is 5.56 Å². The van der Waals surface area contributed by atoms with Gasteiger partial charge in [-0.05, 0) is 23.8 Å². The number of aromatic nitrogens is 4. The summed E-state index contributed by atoms with van der Waals surface area (Å²) in [4.78, 5) is 14.7. The molecule has 0 aliphatic heterocycles. The molecule has 128 valence electrons. The Morgan fingerprint density at radius 2 is 1.92 bits per heavy atom. The first-order valence-corrected chi connectivity index (χ1v) is 7.75. The molecule has 9 nitrogen and oxygen atoms in total. The smallest absolute Gasteiger partial charge is 0.269 e. The van der Waals surface area contributed by atoms with E-state index in [0.717, 1.165) is 16.4 Å². The third-order valence-corrected chi connectivity index (χ3v) is 3.99. The molecule has 1 N–H and O–H groups in total. The van der Waals surface area contributed by atoms with Gasteiger partial charge in [-0.1, -0.05) is 18.2 Å². The van der Waals surface area contributed by atoms with E-state index >= 15 is 0 Å². The fourth-order valence-electron chi connectivity index (χ4n) is 2.70. The molecule has 2 aromatic heterocycles. The molecule has 9 heteroatoms. The predicted octanol–water partition coefficient (Wildman–Crippen LogP) is 2.87. The number of hydrogen-bond donors (Lipinski definition) is 1. The molecule has 0 unspecified atom stereocenters. The molecule has 0 aliphatic carbocycles. The summed E-state index contributed by atoms with van der Waals surface area (Å²) in [7, 11) is 1.92. The van der Waals surface area contributed by atoms with E-state index in [9.17, 15) is 10.1 Å². The fourth-order valence-corrected chi connectivity index (χ4v) is 2.70. The molecule has 0 fully saturated rings. The van der Waals surface area contributed by atoms with E-state index in [2.05, 4.69) is 25.7 Å². The van der Waals surface area contributed by atoms with Crippen molar-refractivity contribution in [3.63, 3.8) is 0 Å². The van der Waals surface area contributed by atoms with Crippen LogP contribution in [0, 0.1) is 10.1 Å². The third kappa shape index (κ3) is 2.71. The summed E-state index contributed by atoms with van der Waals surface area (Å²) < 4.78 is 1.95. The van der Waals surface area contributed by atoms with Crippen molar-refractivity contribution in [3.05, 3.63) is 64.2 Å². The number of nitro groups is 1. The van der Waals surface area contributed by atoms with E-state index in [1.807, 2.05) is 35.9 Å². The largest absolute Gasteiger partial charge is 0.327 e. The van der Waals surface area contributed by atoms with E-state index in [-0.39, 0.29) is 11.6 Å². The van der Waals surface area contributed by atoms with Gasteiger partial charge in [-0.2, -0.15) is 10.1 Å². The van der Waals surface area contributed by atoms with Crippen molar-refractivity contribution < 1.29 is 4.92 Å².